The summed E-state index contributed by atoms with van der Waals surface area (Å²) in [5.41, 5.74) is 3.28. The minimum Gasteiger partial charge on any atom is -0.496 e. The molecule has 0 radical (unpaired) electrons. The SMILES string of the molecule is COc1cc2c(cc1C=O)OCCC2.COc1ccc2c(c1C=O)CCCO2. The van der Waals surface area contributed by atoms with Crippen LogP contribution < -0.4 is 18.9 Å². The second kappa shape index (κ2) is 9.26. The lowest BCUT2D eigenvalue weighted by molar-refractivity contribution is 0.111. The predicted molar refractivity (Wildman–Crippen MR) is 104 cm³/mol. The first-order valence-corrected chi connectivity index (χ1v) is 9.28. The molecule has 0 amide bonds. The first-order valence-electron chi connectivity index (χ1n) is 9.28. The number of rotatable bonds is 4. The minimum atomic E-state index is 0.549. The average Bonchev–Trinajstić information content (AvgIpc) is 2.77. The molecule has 0 fully saturated rings. The van der Waals surface area contributed by atoms with Crippen LogP contribution in [0, 0.1) is 0 Å². The first-order chi connectivity index (χ1) is 13.7. The van der Waals surface area contributed by atoms with E-state index >= 15 is 0 Å². The van der Waals surface area contributed by atoms with Crippen molar-refractivity contribution in [3.05, 3.63) is 46.5 Å². The van der Waals surface area contributed by atoms with Gasteiger partial charge >= 0.3 is 0 Å². The summed E-state index contributed by atoms with van der Waals surface area (Å²) in [6.07, 6.45) is 5.49. The zero-order valence-corrected chi connectivity index (χ0v) is 16.2. The maximum Gasteiger partial charge on any atom is 0.154 e. The van der Waals surface area contributed by atoms with E-state index in [9.17, 15) is 9.59 Å². The predicted octanol–water partition coefficient (Wildman–Crippen LogP) is 3.67. The molecular formula is C22H24O6. The van der Waals surface area contributed by atoms with Gasteiger partial charge < -0.3 is 18.9 Å². The summed E-state index contributed by atoms with van der Waals surface area (Å²) in [5.74, 6) is 2.90. The van der Waals surface area contributed by atoms with Gasteiger partial charge in [0, 0.05) is 5.56 Å². The van der Waals surface area contributed by atoms with Crippen LogP contribution in [0.1, 0.15) is 44.7 Å². The molecule has 28 heavy (non-hydrogen) atoms. The summed E-state index contributed by atoms with van der Waals surface area (Å²) >= 11 is 0. The fourth-order valence-corrected chi connectivity index (χ4v) is 3.42. The zero-order valence-electron chi connectivity index (χ0n) is 16.2. The molecule has 0 unspecified atom stereocenters. The number of fused-ring (bicyclic) bond motifs is 2. The van der Waals surface area contributed by atoms with Gasteiger partial charge in [-0.3, -0.25) is 9.59 Å². The smallest absolute Gasteiger partial charge is 0.154 e. The van der Waals surface area contributed by atoms with Gasteiger partial charge in [0.15, 0.2) is 12.6 Å². The Balaban J connectivity index is 0.000000161. The summed E-state index contributed by atoms with van der Waals surface area (Å²) < 4.78 is 21.1. The molecule has 0 saturated heterocycles. The molecule has 0 aromatic heterocycles. The molecule has 2 aromatic carbocycles. The fourth-order valence-electron chi connectivity index (χ4n) is 3.42. The van der Waals surface area contributed by atoms with E-state index in [0.29, 0.717) is 22.6 Å². The van der Waals surface area contributed by atoms with Gasteiger partial charge in [-0.1, -0.05) is 0 Å². The normalized spacial score (nSPS) is 14.1. The number of carbonyl (C=O) groups excluding carboxylic acids is 2. The maximum atomic E-state index is 10.9. The lowest BCUT2D eigenvalue weighted by atomic mass is 10.00. The number of benzene rings is 2. The van der Waals surface area contributed by atoms with Crippen LogP contribution in [-0.4, -0.2) is 40.0 Å². The van der Waals surface area contributed by atoms with Crippen molar-refractivity contribution < 1.29 is 28.5 Å². The highest BCUT2D eigenvalue weighted by atomic mass is 16.5. The third kappa shape index (κ3) is 4.11. The quantitative estimate of drug-likeness (QED) is 0.749. The summed E-state index contributed by atoms with van der Waals surface area (Å²) in [6, 6.07) is 7.27. The highest BCUT2D eigenvalue weighted by Gasteiger charge is 2.17. The van der Waals surface area contributed by atoms with Crippen molar-refractivity contribution in [2.75, 3.05) is 27.4 Å². The van der Waals surface area contributed by atoms with Crippen LogP contribution in [0.15, 0.2) is 24.3 Å². The number of hydrogen-bond acceptors (Lipinski definition) is 6. The molecule has 4 rings (SSSR count). The molecular weight excluding hydrogens is 360 g/mol. The molecule has 0 spiro atoms. The van der Waals surface area contributed by atoms with E-state index in [-0.39, 0.29) is 0 Å². The minimum absolute atomic E-state index is 0.549. The summed E-state index contributed by atoms with van der Waals surface area (Å²) in [5, 5.41) is 0. The van der Waals surface area contributed by atoms with Gasteiger partial charge in [0.25, 0.3) is 0 Å². The number of ether oxygens (including phenoxy) is 4. The van der Waals surface area contributed by atoms with E-state index in [2.05, 4.69) is 0 Å². The van der Waals surface area contributed by atoms with E-state index in [1.807, 2.05) is 12.1 Å². The van der Waals surface area contributed by atoms with Crippen LogP contribution in [0.2, 0.25) is 0 Å². The molecule has 6 heteroatoms. The second-order valence-electron chi connectivity index (χ2n) is 6.50. The molecule has 2 aliphatic heterocycles. The summed E-state index contributed by atoms with van der Waals surface area (Å²) in [7, 11) is 3.14. The van der Waals surface area contributed by atoms with E-state index in [0.717, 1.165) is 74.1 Å². The van der Waals surface area contributed by atoms with Crippen molar-refractivity contribution in [3.8, 4) is 23.0 Å². The maximum absolute atomic E-state index is 10.9. The monoisotopic (exact) mass is 384 g/mol. The van der Waals surface area contributed by atoms with Crippen molar-refractivity contribution in [3.63, 3.8) is 0 Å². The topological polar surface area (TPSA) is 71.1 Å². The van der Waals surface area contributed by atoms with Crippen molar-refractivity contribution in [1.82, 2.24) is 0 Å². The van der Waals surface area contributed by atoms with E-state index in [1.54, 1.807) is 26.4 Å². The van der Waals surface area contributed by atoms with E-state index in [4.69, 9.17) is 18.9 Å². The van der Waals surface area contributed by atoms with Gasteiger partial charge in [-0.2, -0.15) is 0 Å². The Hall–Kier alpha value is -3.02. The molecule has 2 aromatic rings. The number of methoxy groups -OCH3 is 2. The highest BCUT2D eigenvalue weighted by molar-refractivity contribution is 5.83. The number of aldehydes is 2. The molecule has 0 atom stereocenters. The lowest BCUT2D eigenvalue weighted by Crippen LogP contribution is -2.11. The number of hydrogen-bond donors (Lipinski definition) is 0. The third-order valence-corrected chi connectivity index (χ3v) is 4.83. The Morgan fingerprint density at radius 3 is 2.25 bits per heavy atom. The molecule has 148 valence electrons. The Labute approximate surface area is 164 Å². The van der Waals surface area contributed by atoms with Gasteiger partial charge in [-0.25, -0.2) is 0 Å². The van der Waals surface area contributed by atoms with Crippen molar-refractivity contribution in [2.45, 2.75) is 25.7 Å². The number of aryl methyl sites for hydroxylation is 1. The van der Waals surface area contributed by atoms with Crippen molar-refractivity contribution in [2.24, 2.45) is 0 Å². The molecule has 0 bridgehead atoms. The Morgan fingerprint density at radius 1 is 0.857 bits per heavy atom. The van der Waals surface area contributed by atoms with Crippen molar-refractivity contribution >= 4 is 12.6 Å². The van der Waals surface area contributed by atoms with E-state index in [1.165, 1.54) is 0 Å². The summed E-state index contributed by atoms with van der Waals surface area (Å²) in [4.78, 5) is 21.7. The van der Waals surface area contributed by atoms with Crippen LogP contribution >= 0.6 is 0 Å². The molecule has 0 N–H and O–H groups in total. The van der Waals surface area contributed by atoms with Crippen LogP contribution in [0.3, 0.4) is 0 Å². The van der Waals surface area contributed by atoms with Crippen molar-refractivity contribution in [1.29, 1.82) is 0 Å². The molecule has 6 nitrogen and oxygen atoms in total. The van der Waals surface area contributed by atoms with Gasteiger partial charge in [0.05, 0.1) is 38.6 Å². The Bertz CT molecular complexity index is 855. The zero-order chi connectivity index (χ0) is 19.9. The standard InChI is InChI=1S/2C11H12O3/c1-13-10-4-5-11-8(9(10)7-12)3-2-6-14-11;1-13-10-5-8-3-2-4-14-11(8)6-9(10)7-12/h4-5,7H,2-3,6H2,1H3;5-7H,2-4H2,1H3. The third-order valence-electron chi connectivity index (χ3n) is 4.83. The highest BCUT2D eigenvalue weighted by Crippen LogP contribution is 2.33. The van der Waals surface area contributed by atoms with Crippen LogP contribution in [-0.2, 0) is 12.8 Å². The average molecular weight is 384 g/mol. The van der Waals surface area contributed by atoms with Gasteiger partial charge in [0.1, 0.15) is 23.0 Å². The number of carbonyl (C=O) groups is 2. The second-order valence-corrected chi connectivity index (χ2v) is 6.50. The molecule has 2 aliphatic rings. The lowest BCUT2D eigenvalue weighted by Gasteiger charge is -2.19. The fraction of sp³-hybridized carbons (Fsp3) is 0.364. The largest absolute Gasteiger partial charge is 0.496 e. The summed E-state index contributed by atoms with van der Waals surface area (Å²) in [6.45, 7) is 1.47. The molecule has 0 saturated carbocycles. The Kier molecular flexibility index (Phi) is 6.53. The molecule has 2 heterocycles. The van der Waals surface area contributed by atoms with Gasteiger partial charge in [0.2, 0.25) is 0 Å². The molecule has 0 aliphatic carbocycles. The van der Waals surface area contributed by atoms with Crippen LogP contribution in [0.4, 0.5) is 0 Å². The van der Waals surface area contributed by atoms with Gasteiger partial charge in [-0.05, 0) is 55.5 Å². The first kappa shape index (κ1) is 19.7. The van der Waals surface area contributed by atoms with Crippen LogP contribution in [0.25, 0.3) is 0 Å². The van der Waals surface area contributed by atoms with Gasteiger partial charge in [-0.15, -0.1) is 0 Å². The van der Waals surface area contributed by atoms with Crippen LogP contribution in [0.5, 0.6) is 23.0 Å². The Morgan fingerprint density at radius 2 is 1.57 bits per heavy atom. The van der Waals surface area contributed by atoms with E-state index < -0.39 is 0 Å².